The number of anilines is 1. The van der Waals surface area contributed by atoms with Crippen LogP contribution >= 0.6 is 11.8 Å². The number of benzene rings is 1. The van der Waals surface area contributed by atoms with Gasteiger partial charge in [-0.1, -0.05) is 12.6 Å². The first kappa shape index (κ1) is 10.8. The summed E-state index contributed by atoms with van der Waals surface area (Å²) in [6, 6.07) is 4.56. The molecule has 0 aliphatic heterocycles. The standard InChI is InChI=1S/C10H10FNOS/c1-3-9(13)12-8-6-4-5-7(11)10(8)14-2/h3-6H,1H2,2H3,(H,12,13). The lowest BCUT2D eigenvalue weighted by Gasteiger charge is -2.07. The van der Waals surface area contributed by atoms with Gasteiger partial charge in [0.15, 0.2) is 0 Å². The minimum Gasteiger partial charge on any atom is -0.321 e. The molecule has 0 saturated heterocycles. The molecule has 1 rings (SSSR count). The van der Waals surface area contributed by atoms with Gasteiger partial charge in [-0.3, -0.25) is 4.79 Å². The van der Waals surface area contributed by atoms with Crippen LogP contribution in [0.1, 0.15) is 0 Å². The first-order valence-corrected chi connectivity index (χ1v) is 5.17. The SMILES string of the molecule is C=CC(=O)Nc1cccc(F)c1SC. The van der Waals surface area contributed by atoms with Crippen LogP contribution in [0.5, 0.6) is 0 Å². The number of carbonyl (C=O) groups is 1. The quantitative estimate of drug-likeness (QED) is 0.615. The van der Waals surface area contributed by atoms with E-state index in [-0.39, 0.29) is 11.7 Å². The Bertz CT molecular complexity index is 365. The molecule has 0 saturated carbocycles. The highest BCUT2D eigenvalue weighted by molar-refractivity contribution is 7.98. The van der Waals surface area contributed by atoms with Crippen LogP contribution in [0.25, 0.3) is 0 Å². The highest BCUT2D eigenvalue weighted by atomic mass is 32.2. The van der Waals surface area contributed by atoms with E-state index in [4.69, 9.17) is 0 Å². The number of halogens is 1. The molecule has 0 atom stereocenters. The Morgan fingerprint density at radius 2 is 2.36 bits per heavy atom. The van der Waals surface area contributed by atoms with Crippen molar-refractivity contribution in [3.8, 4) is 0 Å². The number of rotatable bonds is 3. The third-order valence-electron chi connectivity index (χ3n) is 1.61. The maximum absolute atomic E-state index is 13.2. The van der Waals surface area contributed by atoms with Gasteiger partial charge in [0, 0.05) is 0 Å². The molecule has 74 valence electrons. The van der Waals surface area contributed by atoms with Crippen LogP contribution < -0.4 is 5.32 Å². The van der Waals surface area contributed by atoms with Crippen molar-refractivity contribution in [2.75, 3.05) is 11.6 Å². The molecule has 0 fully saturated rings. The Morgan fingerprint density at radius 1 is 1.64 bits per heavy atom. The predicted molar refractivity (Wildman–Crippen MR) is 57.0 cm³/mol. The fourth-order valence-electron chi connectivity index (χ4n) is 0.998. The van der Waals surface area contributed by atoms with E-state index in [1.165, 1.54) is 17.8 Å². The molecule has 0 bridgehead atoms. The normalized spacial score (nSPS) is 9.57. The van der Waals surface area contributed by atoms with Crippen molar-refractivity contribution in [2.45, 2.75) is 4.90 Å². The number of amides is 1. The smallest absolute Gasteiger partial charge is 0.247 e. The summed E-state index contributed by atoms with van der Waals surface area (Å²) >= 11 is 1.25. The monoisotopic (exact) mass is 211 g/mol. The van der Waals surface area contributed by atoms with Crippen molar-refractivity contribution in [2.24, 2.45) is 0 Å². The van der Waals surface area contributed by atoms with Crippen molar-refractivity contribution < 1.29 is 9.18 Å². The molecule has 2 nitrogen and oxygen atoms in total. The van der Waals surface area contributed by atoms with Gasteiger partial charge in [-0.2, -0.15) is 0 Å². The zero-order chi connectivity index (χ0) is 10.6. The van der Waals surface area contributed by atoms with E-state index >= 15 is 0 Å². The third kappa shape index (κ3) is 2.35. The second-order valence-electron chi connectivity index (χ2n) is 2.51. The van der Waals surface area contributed by atoms with Gasteiger partial charge >= 0.3 is 0 Å². The number of nitrogens with one attached hydrogen (secondary N) is 1. The number of hydrogen-bond donors (Lipinski definition) is 1. The van der Waals surface area contributed by atoms with Crippen molar-refractivity contribution in [1.29, 1.82) is 0 Å². The summed E-state index contributed by atoms with van der Waals surface area (Å²) in [6.07, 6.45) is 2.90. The van der Waals surface area contributed by atoms with E-state index in [0.29, 0.717) is 10.6 Å². The molecule has 1 N–H and O–H groups in total. The lowest BCUT2D eigenvalue weighted by molar-refractivity contribution is -0.111. The maximum atomic E-state index is 13.2. The van der Waals surface area contributed by atoms with Gasteiger partial charge < -0.3 is 5.32 Å². The summed E-state index contributed by atoms with van der Waals surface area (Å²) in [5.41, 5.74) is 0.474. The Morgan fingerprint density at radius 3 is 2.93 bits per heavy atom. The Balaban J connectivity index is 3.01. The van der Waals surface area contributed by atoms with E-state index < -0.39 is 0 Å². The maximum Gasteiger partial charge on any atom is 0.247 e. The van der Waals surface area contributed by atoms with Gasteiger partial charge in [0.2, 0.25) is 5.91 Å². The fraction of sp³-hybridized carbons (Fsp3) is 0.100. The van der Waals surface area contributed by atoms with Crippen LogP contribution in [0.3, 0.4) is 0 Å². The molecule has 14 heavy (non-hydrogen) atoms. The second kappa shape index (κ2) is 4.81. The number of thioether (sulfide) groups is 1. The summed E-state index contributed by atoms with van der Waals surface area (Å²) in [5, 5.41) is 2.53. The average Bonchev–Trinajstić information content (AvgIpc) is 2.18. The molecule has 0 heterocycles. The van der Waals surface area contributed by atoms with E-state index in [9.17, 15) is 9.18 Å². The van der Waals surface area contributed by atoms with Crippen LogP contribution in [-0.4, -0.2) is 12.2 Å². The van der Waals surface area contributed by atoms with E-state index in [1.54, 1.807) is 18.4 Å². The fourth-order valence-corrected chi connectivity index (χ4v) is 1.60. The molecule has 0 aliphatic rings. The van der Waals surface area contributed by atoms with Crippen LogP contribution in [-0.2, 0) is 4.79 Å². The molecule has 0 aromatic heterocycles. The molecule has 0 unspecified atom stereocenters. The lowest BCUT2D eigenvalue weighted by atomic mass is 10.3. The molecule has 4 heteroatoms. The minimum atomic E-state index is -0.342. The summed E-state index contributed by atoms with van der Waals surface area (Å²) < 4.78 is 13.2. The molecule has 1 aromatic rings. The van der Waals surface area contributed by atoms with Gasteiger partial charge in [-0.25, -0.2) is 4.39 Å². The van der Waals surface area contributed by atoms with E-state index in [2.05, 4.69) is 11.9 Å². The third-order valence-corrected chi connectivity index (χ3v) is 2.44. The van der Waals surface area contributed by atoms with Gasteiger partial charge in [-0.05, 0) is 24.5 Å². The Labute approximate surface area is 86.2 Å². The highest BCUT2D eigenvalue weighted by Crippen LogP contribution is 2.27. The summed E-state index contributed by atoms with van der Waals surface area (Å²) in [5.74, 6) is -0.676. The van der Waals surface area contributed by atoms with Gasteiger partial charge in [0.25, 0.3) is 0 Å². The molecule has 1 aromatic carbocycles. The predicted octanol–water partition coefficient (Wildman–Crippen LogP) is 2.67. The van der Waals surface area contributed by atoms with Crippen molar-refractivity contribution in [3.63, 3.8) is 0 Å². The zero-order valence-corrected chi connectivity index (χ0v) is 8.53. The molecule has 0 radical (unpaired) electrons. The summed E-state index contributed by atoms with van der Waals surface area (Å²) in [4.78, 5) is 11.4. The zero-order valence-electron chi connectivity index (χ0n) is 7.71. The van der Waals surface area contributed by atoms with E-state index in [1.807, 2.05) is 0 Å². The molecular weight excluding hydrogens is 201 g/mol. The van der Waals surface area contributed by atoms with Crippen molar-refractivity contribution >= 4 is 23.4 Å². The number of carbonyl (C=O) groups excluding carboxylic acids is 1. The number of hydrogen-bond acceptors (Lipinski definition) is 2. The minimum absolute atomic E-state index is 0.334. The Hall–Kier alpha value is -1.29. The molecular formula is C10H10FNOS. The highest BCUT2D eigenvalue weighted by Gasteiger charge is 2.07. The van der Waals surface area contributed by atoms with Crippen LogP contribution in [0.15, 0.2) is 35.7 Å². The summed E-state index contributed by atoms with van der Waals surface area (Å²) in [6.45, 7) is 3.32. The first-order chi connectivity index (χ1) is 6.69. The first-order valence-electron chi connectivity index (χ1n) is 3.95. The lowest BCUT2D eigenvalue weighted by Crippen LogP contribution is -2.08. The van der Waals surface area contributed by atoms with Gasteiger partial charge in [0.05, 0.1) is 10.6 Å². The summed E-state index contributed by atoms with van der Waals surface area (Å²) in [7, 11) is 0. The van der Waals surface area contributed by atoms with Gasteiger partial charge in [0.1, 0.15) is 5.82 Å². The Kier molecular flexibility index (Phi) is 3.71. The van der Waals surface area contributed by atoms with Crippen LogP contribution in [0.2, 0.25) is 0 Å². The van der Waals surface area contributed by atoms with Crippen molar-refractivity contribution in [3.05, 3.63) is 36.7 Å². The van der Waals surface area contributed by atoms with Crippen molar-refractivity contribution in [1.82, 2.24) is 0 Å². The van der Waals surface area contributed by atoms with Crippen LogP contribution in [0, 0.1) is 5.82 Å². The largest absolute Gasteiger partial charge is 0.321 e. The topological polar surface area (TPSA) is 29.1 Å². The molecule has 0 spiro atoms. The van der Waals surface area contributed by atoms with Gasteiger partial charge in [-0.15, -0.1) is 11.8 Å². The second-order valence-corrected chi connectivity index (χ2v) is 3.33. The molecule has 0 aliphatic carbocycles. The average molecular weight is 211 g/mol. The van der Waals surface area contributed by atoms with Crippen LogP contribution in [0.4, 0.5) is 10.1 Å². The van der Waals surface area contributed by atoms with E-state index in [0.717, 1.165) is 6.08 Å². The molecule has 1 amide bonds.